The fraction of sp³-hybridized carbons (Fsp3) is 0.150. The van der Waals surface area contributed by atoms with Crippen molar-refractivity contribution in [3.63, 3.8) is 0 Å². The van der Waals surface area contributed by atoms with Gasteiger partial charge in [-0.3, -0.25) is 4.79 Å². The van der Waals surface area contributed by atoms with E-state index in [1.165, 1.54) is 49.6 Å². The van der Waals surface area contributed by atoms with Crippen LogP contribution in [0.4, 0.5) is 5.69 Å². The second-order valence-corrected chi connectivity index (χ2v) is 5.35. The first-order valence-corrected chi connectivity index (χ1v) is 8.05. The summed E-state index contributed by atoms with van der Waals surface area (Å²) in [5.41, 5.74) is 0.836. The number of carbonyl (C=O) groups excluding carboxylic acids is 2. The number of hydrogen-bond acceptors (Lipinski definition) is 6. The first kappa shape index (κ1) is 19.5. The van der Waals surface area contributed by atoms with Crippen LogP contribution in [0.2, 0.25) is 0 Å². The maximum Gasteiger partial charge on any atom is 0.338 e. The van der Waals surface area contributed by atoms with Crippen molar-refractivity contribution in [1.82, 2.24) is 0 Å². The van der Waals surface area contributed by atoms with Crippen molar-refractivity contribution in [2.24, 2.45) is 0 Å². The Morgan fingerprint density at radius 2 is 1.93 bits per heavy atom. The second-order valence-electron chi connectivity index (χ2n) is 5.35. The van der Waals surface area contributed by atoms with Crippen LogP contribution >= 0.6 is 0 Å². The number of phenolic OH excluding ortho intramolecular Hbond substituents is 1. The molecule has 0 saturated carbocycles. The summed E-state index contributed by atoms with van der Waals surface area (Å²) < 4.78 is 9.96. The molecule has 2 N–H and O–H groups in total. The molecule has 138 valence electrons. The number of anilines is 1. The monoisotopic (exact) mass is 366 g/mol. The average Bonchev–Trinajstić information content (AvgIpc) is 2.68. The fourth-order valence-corrected chi connectivity index (χ4v) is 2.18. The van der Waals surface area contributed by atoms with E-state index in [1.807, 2.05) is 0 Å². The summed E-state index contributed by atoms with van der Waals surface area (Å²) in [6, 6.07) is 12.4. The van der Waals surface area contributed by atoms with Crippen LogP contribution in [0.25, 0.3) is 6.08 Å². The van der Waals surface area contributed by atoms with Gasteiger partial charge in [-0.05, 0) is 55.5 Å². The molecule has 0 heterocycles. The highest BCUT2D eigenvalue weighted by Crippen LogP contribution is 2.25. The molecule has 0 bridgehead atoms. The third kappa shape index (κ3) is 5.09. The molecule has 7 heteroatoms. The first-order chi connectivity index (χ1) is 13.0. The molecule has 27 heavy (non-hydrogen) atoms. The van der Waals surface area contributed by atoms with Gasteiger partial charge in [0.15, 0.2) is 0 Å². The third-order valence-electron chi connectivity index (χ3n) is 3.55. The Hall–Kier alpha value is -3.79. The molecule has 0 atom stereocenters. The van der Waals surface area contributed by atoms with Crippen LogP contribution in [0.3, 0.4) is 0 Å². The van der Waals surface area contributed by atoms with E-state index in [4.69, 9.17) is 9.47 Å². The number of carbonyl (C=O) groups is 2. The van der Waals surface area contributed by atoms with Gasteiger partial charge in [0.2, 0.25) is 0 Å². The summed E-state index contributed by atoms with van der Waals surface area (Å²) in [4.78, 5) is 24.0. The minimum atomic E-state index is -0.649. The summed E-state index contributed by atoms with van der Waals surface area (Å²) in [7, 11) is 1.47. The maximum absolute atomic E-state index is 12.3. The standard InChI is InChI=1S/C20H18N2O5/c1-3-27-20(25)13-4-6-16(7-5-13)22-19(24)15(12-21)10-14-11-17(26-2)8-9-18(14)23/h4-11,23H,3H2,1-2H3,(H,22,24)/b15-10+. The van der Waals surface area contributed by atoms with Crippen LogP contribution in [0.15, 0.2) is 48.0 Å². The molecule has 2 aromatic carbocycles. The van der Waals surface area contributed by atoms with Gasteiger partial charge in [0.1, 0.15) is 23.1 Å². The predicted molar refractivity (Wildman–Crippen MR) is 99.3 cm³/mol. The lowest BCUT2D eigenvalue weighted by Crippen LogP contribution is -2.13. The first-order valence-electron chi connectivity index (χ1n) is 8.05. The molecule has 0 aliphatic rings. The highest BCUT2D eigenvalue weighted by Gasteiger charge is 2.12. The lowest BCUT2D eigenvalue weighted by molar-refractivity contribution is -0.112. The highest BCUT2D eigenvalue weighted by atomic mass is 16.5. The lowest BCUT2D eigenvalue weighted by Gasteiger charge is -2.07. The number of rotatable bonds is 6. The van der Waals surface area contributed by atoms with Crippen LogP contribution in [0.1, 0.15) is 22.8 Å². The van der Waals surface area contributed by atoms with Crippen molar-refractivity contribution in [3.05, 3.63) is 59.2 Å². The van der Waals surface area contributed by atoms with Crippen LogP contribution < -0.4 is 10.1 Å². The summed E-state index contributed by atoms with van der Waals surface area (Å²) in [6.45, 7) is 1.98. The molecule has 0 aliphatic carbocycles. The Morgan fingerprint density at radius 3 is 2.52 bits per heavy atom. The highest BCUT2D eigenvalue weighted by molar-refractivity contribution is 6.10. The molecule has 2 aromatic rings. The quantitative estimate of drug-likeness (QED) is 0.462. The Labute approximate surface area is 156 Å². The number of aromatic hydroxyl groups is 1. The summed E-state index contributed by atoms with van der Waals surface area (Å²) in [5.74, 6) is -0.716. The minimum Gasteiger partial charge on any atom is -0.507 e. The van der Waals surface area contributed by atoms with E-state index < -0.39 is 11.9 Å². The van der Waals surface area contributed by atoms with Gasteiger partial charge in [0.05, 0.1) is 19.3 Å². The molecule has 0 aromatic heterocycles. The Kier molecular flexibility index (Phi) is 6.55. The predicted octanol–water partition coefficient (Wildman–Crippen LogP) is 3.12. The molecule has 0 spiro atoms. The number of nitrogens with one attached hydrogen (secondary N) is 1. The number of hydrogen-bond donors (Lipinski definition) is 2. The van der Waals surface area contributed by atoms with Gasteiger partial charge in [0.25, 0.3) is 5.91 Å². The van der Waals surface area contributed by atoms with E-state index in [1.54, 1.807) is 19.1 Å². The maximum atomic E-state index is 12.3. The largest absolute Gasteiger partial charge is 0.507 e. The number of phenols is 1. The van der Waals surface area contributed by atoms with E-state index in [2.05, 4.69) is 5.32 Å². The van der Waals surface area contributed by atoms with Crippen molar-refractivity contribution in [2.75, 3.05) is 19.0 Å². The zero-order valence-electron chi connectivity index (χ0n) is 14.9. The van der Waals surface area contributed by atoms with Crippen molar-refractivity contribution in [3.8, 4) is 17.6 Å². The average molecular weight is 366 g/mol. The zero-order valence-corrected chi connectivity index (χ0v) is 14.9. The lowest BCUT2D eigenvalue weighted by atomic mass is 10.1. The van der Waals surface area contributed by atoms with Crippen molar-refractivity contribution >= 4 is 23.6 Å². The van der Waals surface area contributed by atoms with E-state index >= 15 is 0 Å². The number of nitrogens with zero attached hydrogens (tertiary/aromatic N) is 1. The smallest absolute Gasteiger partial charge is 0.338 e. The van der Waals surface area contributed by atoms with Crippen LogP contribution in [-0.2, 0) is 9.53 Å². The molecule has 0 aliphatic heterocycles. The van der Waals surface area contributed by atoms with Crippen molar-refractivity contribution in [1.29, 1.82) is 5.26 Å². The second kappa shape index (κ2) is 9.06. The van der Waals surface area contributed by atoms with Gasteiger partial charge in [-0.1, -0.05) is 0 Å². The number of benzene rings is 2. The van der Waals surface area contributed by atoms with E-state index in [0.717, 1.165) is 0 Å². The topological polar surface area (TPSA) is 109 Å². The number of methoxy groups -OCH3 is 1. The third-order valence-corrected chi connectivity index (χ3v) is 3.55. The van der Waals surface area contributed by atoms with Gasteiger partial charge in [-0.15, -0.1) is 0 Å². The molecule has 2 rings (SSSR count). The van der Waals surface area contributed by atoms with Crippen LogP contribution in [0.5, 0.6) is 11.5 Å². The van der Waals surface area contributed by atoms with Gasteiger partial charge < -0.3 is 19.9 Å². The normalized spacial score (nSPS) is 10.6. The molecular weight excluding hydrogens is 348 g/mol. The number of amides is 1. The van der Waals surface area contributed by atoms with Gasteiger partial charge >= 0.3 is 5.97 Å². The minimum absolute atomic E-state index is 0.0878. The van der Waals surface area contributed by atoms with E-state index in [9.17, 15) is 20.0 Å². The van der Waals surface area contributed by atoms with Crippen LogP contribution in [-0.4, -0.2) is 30.7 Å². The Balaban J connectivity index is 2.18. The zero-order chi connectivity index (χ0) is 19.8. The molecule has 0 unspecified atom stereocenters. The molecule has 1 amide bonds. The Morgan fingerprint density at radius 1 is 1.22 bits per heavy atom. The Bertz CT molecular complexity index is 911. The summed E-state index contributed by atoms with van der Waals surface area (Å²) in [5, 5.41) is 21.7. The van der Waals surface area contributed by atoms with Gasteiger partial charge in [0, 0.05) is 11.3 Å². The number of nitriles is 1. The van der Waals surface area contributed by atoms with Crippen molar-refractivity contribution < 1.29 is 24.2 Å². The fourth-order valence-electron chi connectivity index (χ4n) is 2.18. The molecule has 7 nitrogen and oxygen atoms in total. The van der Waals surface area contributed by atoms with Gasteiger partial charge in [-0.25, -0.2) is 4.79 Å². The van der Waals surface area contributed by atoms with E-state index in [-0.39, 0.29) is 23.5 Å². The SMILES string of the molecule is CCOC(=O)c1ccc(NC(=O)/C(C#N)=C/c2cc(OC)ccc2O)cc1. The van der Waals surface area contributed by atoms with Crippen LogP contribution in [0, 0.1) is 11.3 Å². The summed E-state index contributed by atoms with van der Waals surface area (Å²) in [6.07, 6.45) is 1.26. The number of esters is 1. The van der Waals surface area contributed by atoms with E-state index in [0.29, 0.717) is 17.0 Å². The molecule has 0 fully saturated rings. The summed E-state index contributed by atoms with van der Waals surface area (Å²) >= 11 is 0. The van der Waals surface area contributed by atoms with Crippen molar-refractivity contribution in [2.45, 2.75) is 6.92 Å². The molecular formula is C20H18N2O5. The van der Waals surface area contributed by atoms with Gasteiger partial charge in [-0.2, -0.15) is 5.26 Å². The molecule has 0 saturated heterocycles. The molecule has 0 radical (unpaired) electrons. The number of ether oxygens (including phenoxy) is 2.